The molecule has 1 saturated heterocycles. The summed E-state index contributed by atoms with van der Waals surface area (Å²) in [6.45, 7) is 5.21. The fourth-order valence-corrected chi connectivity index (χ4v) is 5.15. The van der Waals surface area contributed by atoms with E-state index in [1.54, 1.807) is 0 Å². The van der Waals surface area contributed by atoms with Crippen molar-refractivity contribution < 1.29 is 102 Å². The number of carboxylic acids is 4. The molecule has 0 aliphatic carbocycles. The number of carboxylic acid groups (broad SMARTS) is 4. The normalized spacial score (nSPS) is 16.9. The lowest BCUT2D eigenvalue weighted by atomic mass is 9.85. The van der Waals surface area contributed by atoms with E-state index < -0.39 is 48.6 Å². The van der Waals surface area contributed by atoms with Gasteiger partial charge in [-0.1, -0.05) is 12.1 Å². The third-order valence-corrected chi connectivity index (χ3v) is 7.47. The zero-order valence-electron chi connectivity index (χ0n) is 28.8. The molecule has 0 saturated carbocycles. The van der Waals surface area contributed by atoms with Crippen LogP contribution in [-0.4, -0.2) is 110 Å². The summed E-state index contributed by atoms with van der Waals surface area (Å²) in [6.07, 6.45) is -13.5. The van der Waals surface area contributed by atoms with Gasteiger partial charge in [0.2, 0.25) is 6.79 Å². The number of aliphatic carboxylic acids is 4. The number of fused-ring (bicyclic) bond motifs is 3. The zero-order valence-corrected chi connectivity index (χ0v) is 28.8. The van der Waals surface area contributed by atoms with Gasteiger partial charge in [-0.25, -0.2) is 19.2 Å². The number of pyridine rings is 2. The monoisotopic (exact) mass is 856 g/mol. The molecule has 1 aromatic carbocycles. The van der Waals surface area contributed by atoms with Crippen LogP contribution in [0.4, 0.5) is 58.4 Å². The maximum absolute atomic E-state index is 10.6. The topological polar surface area (TPSA) is 200 Å². The van der Waals surface area contributed by atoms with Gasteiger partial charge >= 0.3 is 48.6 Å². The quantitative estimate of drug-likeness (QED) is 0.226. The molecule has 1 atom stereocenters. The van der Waals surface area contributed by atoms with E-state index in [2.05, 4.69) is 39.0 Å². The van der Waals surface area contributed by atoms with Crippen LogP contribution in [0.3, 0.4) is 0 Å². The molecular weight excluding hydrogens is 828 g/mol. The van der Waals surface area contributed by atoms with E-state index in [0.29, 0.717) is 6.79 Å². The van der Waals surface area contributed by atoms with Gasteiger partial charge in [0.05, 0.1) is 11.4 Å². The number of benzene rings is 1. The van der Waals surface area contributed by atoms with Crippen molar-refractivity contribution in [2.24, 2.45) is 0 Å². The molecule has 14 nitrogen and oxygen atoms in total. The van der Waals surface area contributed by atoms with Crippen LogP contribution in [-0.2, 0) is 37.7 Å². The van der Waals surface area contributed by atoms with Gasteiger partial charge in [0.1, 0.15) is 0 Å². The van der Waals surface area contributed by atoms with Gasteiger partial charge in [0.25, 0.3) is 0 Å². The van der Waals surface area contributed by atoms with Crippen LogP contribution in [0, 0.1) is 0 Å². The molecule has 5 heterocycles. The van der Waals surface area contributed by atoms with Crippen molar-refractivity contribution in [2.75, 3.05) is 31.3 Å². The van der Waals surface area contributed by atoms with Gasteiger partial charge in [0.15, 0.2) is 11.5 Å². The maximum Gasteiger partial charge on any atom is 0.490 e. The van der Waals surface area contributed by atoms with Gasteiger partial charge < -0.3 is 34.8 Å². The molecular formula is C32H28F12N4O10. The number of ether oxygens (including phenoxy) is 2. The van der Waals surface area contributed by atoms with Crippen molar-refractivity contribution in [3.63, 3.8) is 0 Å². The Balaban J connectivity index is 0.000000338. The van der Waals surface area contributed by atoms with Crippen molar-refractivity contribution >= 4 is 29.6 Å². The Labute approximate surface area is 316 Å². The Morgan fingerprint density at radius 3 is 1.64 bits per heavy atom. The van der Waals surface area contributed by atoms with Gasteiger partial charge in [-0.05, 0) is 54.4 Å². The summed E-state index contributed by atoms with van der Waals surface area (Å²) in [4.78, 5) is 49.7. The molecule has 3 aliphatic heterocycles. The second kappa shape index (κ2) is 19.4. The standard InChI is InChI=1S/C24H24N4O2.4C2HF3O2/c1-3-19(12-25-8-1)14-28-16-24(23-20(28)4-2-9-26-23)7-10-27(15-24)13-18-5-6-21-22(11-18)30-17-29-21;4*3-2(4,5)1(6)7/h1-6,8-9,11-12H,7,10,13-17H2;4*(H,6,7). The van der Waals surface area contributed by atoms with E-state index >= 15 is 0 Å². The fourth-order valence-electron chi connectivity index (χ4n) is 5.15. The van der Waals surface area contributed by atoms with E-state index in [1.807, 2.05) is 36.8 Å². The average molecular weight is 857 g/mol. The second-order valence-electron chi connectivity index (χ2n) is 11.7. The highest BCUT2D eigenvalue weighted by Crippen LogP contribution is 2.46. The number of hydrogen-bond donors (Lipinski definition) is 4. The first kappa shape index (κ1) is 48.1. The van der Waals surface area contributed by atoms with Crippen LogP contribution < -0.4 is 14.4 Å². The first-order valence-electron chi connectivity index (χ1n) is 15.5. The number of aromatic nitrogens is 2. The summed E-state index contributed by atoms with van der Waals surface area (Å²) in [5.41, 5.74) is 5.12. The number of alkyl halides is 12. The van der Waals surface area contributed by atoms with Crippen LogP contribution in [0.1, 0.15) is 23.2 Å². The SMILES string of the molecule is O=C(O)C(F)(F)F.O=C(O)C(F)(F)F.O=C(O)C(F)(F)F.O=C(O)C(F)(F)F.c1cncc(CN2CC3(CCN(Cc4ccc5c(c4)OCO5)C3)c3ncccc32)c1. The van der Waals surface area contributed by atoms with E-state index in [-0.39, 0.29) is 5.41 Å². The molecule has 0 bridgehead atoms. The van der Waals surface area contributed by atoms with Crippen molar-refractivity contribution in [1.82, 2.24) is 14.9 Å². The molecule has 58 heavy (non-hydrogen) atoms. The predicted molar refractivity (Wildman–Crippen MR) is 168 cm³/mol. The van der Waals surface area contributed by atoms with Crippen LogP contribution in [0.25, 0.3) is 0 Å². The van der Waals surface area contributed by atoms with Crippen LogP contribution in [0.5, 0.6) is 11.5 Å². The number of likely N-dealkylation sites (tertiary alicyclic amines) is 1. The molecule has 3 aliphatic rings. The Hall–Kier alpha value is -6.08. The third-order valence-electron chi connectivity index (χ3n) is 7.47. The summed E-state index contributed by atoms with van der Waals surface area (Å²) in [6, 6.07) is 14.7. The molecule has 3 aromatic rings. The van der Waals surface area contributed by atoms with Gasteiger partial charge in [-0.3, -0.25) is 14.9 Å². The highest BCUT2D eigenvalue weighted by Gasteiger charge is 2.48. The summed E-state index contributed by atoms with van der Waals surface area (Å²) >= 11 is 0. The zero-order chi connectivity index (χ0) is 44.3. The largest absolute Gasteiger partial charge is 0.490 e. The lowest BCUT2D eigenvalue weighted by Gasteiger charge is -2.26. The fraction of sp³-hybridized carbons (Fsp3) is 0.375. The van der Waals surface area contributed by atoms with Crippen molar-refractivity contribution in [2.45, 2.75) is 49.6 Å². The average Bonchev–Trinajstić information content (AvgIpc) is 3.82. The Morgan fingerprint density at radius 2 is 1.16 bits per heavy atom. The van der Waals surface area contributed by atoms with Crippen molar-refractivity contribution in [3.8, 4) is 11.5 Å². The van der Waals surface area contributed by atoms with E-state index in [1.165, 1.54) is 22.5 Å². The molecule has 26 heteroatoms. The predicted octanol–water partition coefficient (Wildman–Crippen LogP) is 5.90. The maximum atomic E-state index is 10.6. The second-order valence-corrected chi connectivity index (χ2v) is 11.7. The Morgan fingerprint density at radius 1 is 0.655 bits per heavy atom. The van der Waals surface area contributed by atoms with Crippen LogP contribution >= 0.6 is 0 Å². The highest BCUT2D eigenvalue weighted by molar-refractivity contribution is 5.74. The van der Waals surface area contributed by atoms with Gasteiger partial charge in [-0.15, -0.1) is 0 Å². The molecule has 1 spiro atoms. The van der Waals surface area contributed by atoms with Crippen LogP contribution in [0.15, 0.2) is 61.1 Å². The summed E-state index contributed by atoms with van der Waals surface area (Å²) < 4.78 is 138. The van der Waals surface area contributed by atoms with E-state index in [9.17, 15) is 52.7 Å². The Bertz CT molecular complexity index is 1780. The first-order chi connectivity index (χ1) is 26.6. The van der Waals surface area contributed by atoms with Gasteiger partial charge in [-0.2, -0.15) is 52.7 Å². The van der Waals surface area contributed by atoms with E-state index in [4.69, 9.17) is 54.1 Å². The third kappa shape index (κ3) is 14.8. The minimum absolute atomic E-state index is 0.0924. The lowest BCUT2D eigenvalue weighted by molar-refractivity contribution is -0.193. The minimum Gasteiger partial charge on any atom is -0.475 e. The molecule has 6 rings (SSSR count). The number of hydrogen-bond acceptors (Lipinski definition) is 10. The molecule has 1 fully saturated rings. The summed E-state index contributed by atoms with van der Waals surface area (Å²) in [5, 5.41) is 28.5. The van der Waals surface area contributed by atoms with Crippen molar-refractivity contribution in [3.05, 3.63) is 77.9 Å². The molecule has 320 valence electrons. The number of anilines is 1. The minimum atomic E-state index is -5.08. The molecule has 4 N–H and O–H groups in total. The molecule has 0 radical (unpaired) electrons. The summed E-state index contributed by atoms with van der Waals surface area (Å²) in [5.74, 6) is -9.33. The molecule has 0 amide bonds. The number of rotatable bonds is 4. The number of nitrogens with zero attached hydrogens (tertiary/aromatic N) is 4. The van der Waals surface area contributed by atoms with Crippen molar-refractivity contribution in [1.29, 1.82) is 0 Å². The lowest BCUT2D eigenvalue weighted by Crippen LogP contribution is -2.36. The van der Waals surface area contributed by atoms with E-state index in [0.717, 1.165) is 50.6 Å². The molecule has 2 aromatic heterocycles. The Kier molecular flexibility index (Phi) is 16.1. The number of halogens is 12. The van der Waals surface area contributed by atoms with Gasteiger partial charge in [0, 0.05) is 50.2 Å². The highest BCUT2D eigenvalue weighted by atomic mass is 19.4. The number of carbonyl (C=O) groups is 4. The first-order valence-corrected chi connectivity index (χ1v) is 15.5. The smallest absolute Gasteiger partial charge is 0.475 e. The van der Waals surface area contributed by atoms with Crippen LogP contribution in [0.2, 0.25) is 0 Å². The molecule has 1 unspecified atom stereocenters. The summed E-state index contributed by atoms with van der Waals surface area (Å²) in [7, 11) is 0.